The molecule has 2 heterocycles. The Morgan fingerprint density at radius 1 is 0.367 bits per heavy atom. The number of ether oxygens (including phenoxy) is 2. The molecule has 0 aliphatic rings. The van der Waals surface area contributed by atoms with Crippen molar-refractivity contribution in [3.8, 4) is 56.6 Å². The minimum Gasteiger partial charge on any atom is -0.580 e. The molecule has 10 rings (SSSR count). The number of nitrogens with zero attached hydrogens (tertiary/aromatic N) is 2. The van der Waals surface area contributed by atoms with E-state index in [1.165, 1.54) is 46.5 Å². The number of phenolic OH excluding ortho intramolecular Hbond substituents is 2. The third-order valence-electron chi connectivity index (χ3n) is 19.7. The number of aryl methyl sites for hydroxylation is 2. The fourth-order valence-electron chi connectivity index (χ4n) is 15.3. The summed E-state index contributed by atoms with van der Waals surface area (Å²) in [6.45, 7) is 57.3. The van der Waals surface area contributed by atoms with Crippen molar-refractivity contribution in [3.63, 3.8) is 0 Å². The van der Waals surface area contributed by atoms with Gasteiger partial charge in [0.25, 0.3) is 11.5 Å². The second-order valence-electron chi connectivity index (χ2n) is 36.1. The fourth-order valence-corrected chi connectivity index (χ4v) is 15.3. The standard InChI is InChI=1S/C87H108F2N2O4.2CH3.Zr/c1-50-35-60(88)46-68(66-38-58(86(23,24)48-80(5,6)7)44-74(76(66)92)90-70-40-54(82(11,12)13)27-31-62(70)63-32-28-55(41-71(63)90)83(14,15)16)78(50)94-52(3)37-53(4)95-79-51(2)36-61(89)47-69(79)67-39-59(87(25,26)49-81(8,9)10)45-75(77(67)93)91-72-42-56(84(17,18)19)29-33-64(72)65-34-30-57(43-73(65)91)85(20,21)22;;;/h27-36,38-47,52-53,92-93H,37,48-49H2,1-26H3;2*1H3;/q;2*-1;/p+2/t52-,53+;;;. The molecule has 8 aromatic carbocycles. The molecule has 0 saturated heterocycles. The van der Waals surface area contributed by atoms with Crippen LogP contribution in [-0.4, -0.2) is 41.0 Å². The Morgan fingerprint density at radius 3 is 0.878 bits per heavy atom. The van der Waals surface area contributed by atoms with Gasteiger partial charge in [-0.05, 0) is 176 Å². The van der Waals surface area contributed by atoms with Crippen LogP contribution in [0.3, 0.4) is 0 Å². The fraction of sp³-hybridized carbons (Fsp3) is 0.438. The maximum absolute atomic E-state index is 16.5. The number of benzene rings is 8. The van der Waals surface area contributed by atoms with Crippen LogP contribution in [0.15, 0.2) is 121 Å². The van der Waals surface area contributed by atoms with Crippen molar-refractivity contribution < 1.29 is 54.7 Å². The molecule has 524 valence electrons. The van der Waals surface area contributed by atoms with E-state index in [2.05, 4.69) is 272 Å². The summed E-state index contributed by atoms with van der Waals surface area (Å²) in [5.74, 6) is 0.411. The molecule has 2 aromatic heterocycles. The van der Waals surface area contributed by atoms with Gasteiger partial charge in [-0.15, -0.1) is 0 Å². The van der Waals surface area contributed by atoms with Gasteiger partial charge in [0.05, 0.1) is 44.6 Å². The van der Waals surface area contributed by atoms with Crippen LogP contribution < -0.4 is 0 Å². The maximum atomic E-state index is 16.5. The van der Waals surface area contributed by atoms with E-state index in [9.17, 15) is 10.2 Å². The number of aromatic nitrogens is 2. The van der Waals surface area contributed by atoms with E-state index in [1.54, 1.807) is 0 Å². The first-order valence-corrected chi connectivity index (χ1v) is 34.6. The van der Waals surface area contributed by atoms with E-state index < -0.39 is 11.6 Å². The molecule has 0 aliphatic carbocycles. The summed E-state index contributed by atoms with van der Waals surface area (Å²) in [7, 11) is 0. The SMILES string of the molecule is Cc1cc(F)cc(-c2cc(C(C)(C)CC(C)(C)C)cc(-n3c4cc(C(C)(C)C)ccc4c4ccc(C(C)(C)C)cc43)c2O)c1[OH+][C@H](C)C[C@H](C)[OH+]c1c(C)cc(F)cc1-c1cc(C(C)(C)CC(C)(C)C)cc(-n2c3cc(C(C)(C)C)ccc3c3ccc(C(C)(C)C)cc32)c1O.[CH3-].[CH3-].[Zr]. The van der Waals surface area contributed by atoms with Crippen LogP contribution in [0.4, 0.5) is 8.78 Å². The molecule has 0 amide bonds. The van der Waals surface area contributed by atoms with E-state index in [0.29, 0.717) is 62.7 Å². The Kier molecular flexibility index (Phi) is 21.9. The number of hydrogen-bond donors (Lipinski definition) is 2. The molecule has 0 spiro atoms. The van der Waals surface area contributed by atoms with Crippen molar-refractivity contribution in [3.05, 3.63) is 192 Å². The number of halogens is 2. The Morgan fingerprint density at radius 2 is 0.633 bits per heavy atom. The summed E-state index contributed by atoms with van der Waals surface area (Å²) in [5, 5.41) is 31.1. The Labute approximate surface area is 607 Å². The van der Waals surface area contributed by atoms with Crippen LogP contribution in [0.5, 0.6) is 23.0 Å². The second-order valence-corrected chi connectivity index (χ2v) is 36.1. The Balaban J connectivity index is 0.00000451. The molecule has 2 atom stereocenters. The third-order valence-corrected chi connectivity index (χ3v) is 19.7. The first-order valence-electron chi connectivity index (χ1n) is 34.6. The van der Waals surface area contributed by atoms with Crippen LogP contribution in [-0.2, 0) is 58.7 Å². The molecule has 9 heteroatoms. The minimum absolute atomic E-state index is 0. The van der Waals surface area contributed by atoms with Gasteiger partial charge in [-0.1, -0.05) is 201 Å². The van der Waals surface area contributed by atoms with Gasteiger partial charge in [0.15, 0.2) is 12.2 Å². The van der Waals surface area contributed by atoms with Crippen molar-refractivity contribution >= 4 is 43.6 Å². The average molecular weight is 1410 g/mol. The van der Waals surface area contributed by atoms with E-state index in [4.69, 9.17) is 9.47 Å². The van der Waals surface area contributed by atoms with Crippen LogP contribution in [0.2, 0.25) is 0 Å². The second kappa shape index (κ2) is 27.3. The molecular weight excluding hydrogens is 1290 g/mol. The molecule has 0 saturated carbocycles. The van der Waals surface area contributed by atoms with Crippen LogP contribution in [0.1, 0.15) is 230 Å². The van der Waals surface area contributed by atoms with Gasteiger partial charge in [-0.2, -0.15) is 0 Å². The van der Waals surface area contributed by atoms with Gasteiger partial charge in [0.2, 0.25) is 0 Å². The molecule has 98 heavy (non-hydrogen) atoms. The number of fused-ring (bicyclic) bond motifs is 6. The first kappa shape index (κ1) is 78.6. The minimum atomic E-state index is -0.423. The predicted molar refractivity (Wildman–Crippen MR) is 414 cm³/mol. The summed E-state index contributed by atoms with van der Waals surface area (Å²) < 4.78 is 48.4. The molecular formula is C89H116F2N2O4Zr. The van der Waals surface area contributed by atoms with Crippen LogP contribution in [0.25, 0.3) is 77.2 Å². The largest absolute Gasteiger partial charge is 0.580 e. The molecule has 6 nitrogen and oxygen atoms in total. The summed E-state index contributed by atoms with van der Waals surface area (Å²) >= 11 is 0. The molecule has 0 fully saturated rings. The van der Waals surface area contributed by atoms with Crippen molar-refractivity contribution in [1.82, 2.24) is 9.13 Å². The van der Waals surface area contributed by atoms with Gasteiger partial charge >= 0.3 is 0 Å². The molecule has 0 unspecified atom stereocenters. The smallest absolute Gasteiger partial charge is 0.266 e. The molecule has 0 aliphatic heterocycles. The summed E-state index contributed by atoms with van der Waals surface area (Å²) in [6.07, 6.45) is 1.43. The van der Waals surface area contributed by atoms with E-state index >= 15 is 8.78 Å². The molecule has 0 bridgehead atoms. The number of rotatable bonds is 14. The van der Waals surface area contributed by atoms with E-state index in [1.807, 2.05) is 13.8 Å². The quantitative estimate of drug-likeness (QED) is 0.0841. The topological polar surface area (TPSA) is 75.9 Å². The number of aliphatic hydroxyl groups is 2. The van der Waals surface area contributed by atoms with Crippen LogP contribution >= 0.6 is 0 Å². The monoisotopic (exact) mass is 1400 g/mol. The van der Waals surface area contributed by atoms with Crippen molar-refractivity contribution in [1.29, 1.82) is 0 Å². The zero-order chi connectivity index (χ0) is 70.2. The average Bonchev–Trinajstić information content (AvgIpc) is 1.53. The third kappa shape index (κ3) is 15.9. The summed E-state index contributed by atoms with van der Waals surface area (Å²) in [6, 6.07) is 41.5. The summed E-state index contributed by atoms with van der Waals surface area (Å²) in [5.41, 5.74) is 13.7. The first-order chi connectivity index (χ1) is 43.6. The van der Waals surface area contributed by atoms with Gasteiger partial charge in [0, 0.05) is 83.8 Å². The zero-order valence-corrected chi connectivity index (χ0v) is 67.2. The number of phenols is 2. The molecule has 10 aromatic rings. The van der Waals surface area contributed by atoms with E-state index in [-0.39, 0.29) is 108 Å². The van der Waals surface area contributed by atoms with Crippen molar-refractivity contribution in [2.45, 2.75) is 244 Å². The van der Waals surface area contributed by atoms with E-state index in [0.717, 1.165) is 67.6 Å². The zero-order valence-electron chi connectivity index (χ0n) is 64.8. The Bertz CT molecular complexity index is 4190. The van der Waals surface area contributed by atoms with Crippen molar-refractivity contribution in [2.24, 2.45) is 10.8 Å². The van der Waals surface area contributed by atoms with Gasteiger partial charge < -0.3 is 43.7 Å². The van der Waals surface area contributed by atoms with Crippen molar-refractivity contribution in [2.75, 3.05) is 0 Å². The normalized spacial score (nSPS) is 13.6. The van der Waals surface area contributed by atoms with Gasteiger partial charge in [-0.3, -0.25) is 0 Å². The van der Waals surface area contributed by atoms with Crippen LogP contribution in [0, 0.1) is 51.2 Å². The van der Waals surface area contributed by atoms with Gasteiger partial charge in [-0.25, -0.2) is 8.78 Å². The van der Waals surface area contributed by atoms with Gasteiger partial charge in [0.1, 0.15) is 29.6 Å². The molecule has 0 radical (unpaired) electrons. The number of aromatic hydroxyl groups is 4. The summed E-state index contributed by atoms with van der Waals surface area (Å²) in [4.78, 5) is 0. The molecule has 4 N–H and O–H groups in total. The predicted octanol–water partition coefficient (Wildman–Crippen LogP) is 25.4. The number of hydrogen-bond acceptors (Lipinski definition) is 2. The Hall–Kier alpha value is -6.70. The maximum Gasteiger partial charge on any atom is 0.266 e.